The normalized spacial score (nSPS) is 10.2. The monoisotopic (exact) mass is 401 g/mol. The van der Waals surface area contributed by atoms with Gasteiger partial charge < -0.3 is 15.2 Å². The largest absolute Gasteiger partial charge is 0.507 e. The molecule has 0 fully saturated rings. The topological polar surface area (TPSA) is 75.6 Å². The van der Waals surface area contributed by atoms with Crippen molar-refractivity contribution in [3.05, 3.63) is 57.3 Å². The molecule has 2 rings (SSSR count). The summed E-state index contributed by atoms with van der Waals surface area (Å²) in [6, 6.07) is 7.95. The van der Waals surface area contributed by atoms with Gasteiger partial charge in [0.15, 0.2) is 6.61 Å². The van der Waals surface area contributed by atoms with Gasteiger partial charge in [-0.2, -0.15) is 0 Å². The van der Waals surface area contributed by atoms with Crippen molar-refractivity contribution in [2.24, 2.45) is 0 Å². The maximum absolute atomic E-state index is 13.5. The van der Waals surface area contributed by atoms with Crippen LogP contribution in [0.1, 0.15) is 10.4 Å². The number of ether oxygens (including phenoxy) is 1. The molecule has 0 aliphatic heterocycles. The number of hydrogen-bond donors (Lipinski definition) is 2. The Morgan fingerprint density at radius 3 is 2.70 bits per heavy atom. The predicted molar refractivity (Wildman–Crippen MR) is 86.1 cm³/mol. The molecule has 5 nitrogen and oxygen atoms in total. The zero-order valence-corrected chi connectivity index (χ0v) is 13.8. The van der Waals surface area contributed by atoms with Crippen molar-refractivity contribution >= 4 is 45.1 Å². The zero-order valence-electron chi connectivity index (χ0n) is 11.5. The Bertz CT molecular complexity index is 769. The van der Waals surface area contributed by atoms with Crippen molar-refractivity contribution in [3.63, 3.8) is 0 Å². The first kappa shape index (κ1) is 17.2. The molecule has 2 aromatic carbocycles. The van der Waals surface area contributed by atoms with Gasteiger partial charge in [0.05, 0.1) is 5.69 Å². The Balaban J connectivity index is 1.96. The number of carbonyl (C=O) groups excluding carboxylic acids is 2. The van der Waals surface area contributed by atoms with Gasteiger partial charge in [-0.3, -0.25) is 4.79 Å². The summed E-state index contributed by atoms with van der Waals surface area (Å²) in [7, 11) is 0. The molecular formula is C15H10BrClFNO4. The third-order valence-corrected chi connectivity index (χ3v) is 3.45. The minimum atomic E-state index is -0.879. The highest BCUT2D eigenvalue weighted by Gasteiger charge is 2.15. The number of carbonyl (C=O) groups is 2. The van der Waals surface area contributed by atoms with Crippen LogP contribution in [0, 0.1) is 5.82 Å². The van der Waals surface area contributed by atoms with Crippen LogP contribution >= 0.6 is 27.5 Å². The number of phenolic OH excluding ortho intramolecular Hbond substituents is 1. The van der Waals surface area contributed by atoms with Crippen LogP contribution in [0.25, 0.3) is 0 Å². The van der Waals surface area contributed by atoms with E-state index in [4.69, 9.17) is 16.3 Å². The Morgan fingerprint density at radius 2 is 2.00 bits per heavy atom. The summed E-state index contributed by atoms with van der Waals surface area (Å²) in [5.74, 6) is -2.59. The van der Waals surface area contributed by atoms with Crippen LogP contribution in [0.5, 0.6) is 5.75 Å². The SMILES string of the molecule is O=C(COC(=O)c1cc(Br)ccc1O)Nc1ccc(Cl)cc1F. The minimum absolute atomic E-state index is 0.0826. The van der Waals surface area contributed by atoms with Gasteiger partial charge in [0, 0.05) is 9.50 Å². The maximum Gasteiger partial charge on any atom is 0.342 e. The Hall–Kier alpha value is -2.12. The summed E-state index contributed by atoms with van der Waals surface area (Å²) in [6.45, 7) is -0.632. The number of hydrogen-bond acceptors (Lipinski definition) is 4. The van der Waals surface area contributed by atoms with Crippen LogP contribution in [0.4, 0.5) is 10.1 Å². The molecule has 1 amide bonds. The number of esters is 1. The van der Waals surface area contributed by atoms with Crippen molar-refractivity contribution < 1.29 is 23.8 Å². The lowest BCUT2D eigenvalue weighted by Gasteiger charge is -2.08. The van der Waals surface area contributed by atoms with Crippen molar-refractivity contribution in [2.45, 2.75) is 0 Å². The molecule has 2 aromatic rings. The fraction of sp³-hybridized carbons (Fsp3) is 0.0667. The molecule has 2 N–H and O–H groups in total. The number of benzene rings is 2. The van der Waals surface area contributed by atoms with Crippen LogP contribution in [0.15, 0.2) is 40.9 Å². The summed E-state index contributed by atoms with van der Waals surface area (Å²) in [5.41, 5.74) is -0.175. The van der Waals surface area contributed by atoms with E-state index in [-0.39, 0.29) is 22.0 Å². The smallest absolute Gasteiger partial charge is 0.342 e. The van der Waals surface area contributed by atoms with Crippen LogP contribution in [-0.2, 0) is 9.53 Å². The number of halogens is 3. The van der Waals surface area contributed by atoms with Crippen LogP contribution in [0.3, 0.4) is 0 Å². The second-order valence-electron chi connectivity index (χ2n) is 4.41. The molecule has 0 radical (unpaired) electrons. The Labute approximate surface area is 144 Å². The Kier molecular flexibility index (Phi) is 5.57. The first-order valence-corrected chi connectivity index (χ1v) is 7.44. The van der Waals surface area contributed by atoms with Gasteiger partial charge in [-0.05, 0) is 36.4 Å². The molecule has 120 valence electrons. The van der Waals surface area contributed by atoms with Crippen molar-refractivity contribution in [2.75, 3.05) is 11.9 Å². The highest BCUT2D eigenvalue weighted by molar-refractivity contribution is 9.10. The molecule has 0 bridgehead atoms. The first-order chi connectivity index (χ1) is 10.9. The highest BCUT2D eigenvalue weighted by Crippen LogP contribution is 2.22. The van der Waals surface area contributed by atoms with Crippen LogP contribution in [0.2, 0.25) is 5.02 Å². The van der Waals surface area contributed by atoms with E-state index >= 15 is 0 Å². The minimum Gasteiger partial charge on any atom is -0.507 e. The number of phenols is 1. The molecule has 0 aliphatic carbocycles. The van der Waals surface area contributed by atoms with Gasteiger partial charge in [0.25, 0.3) is 5.91 Å². The third-order valence-electron chi connectivity index (χ3n) is 2.72. The first-order valence-electron chi connectivity index (χ1n) is 6.27. The molecule has 0 saturated carbocycles. The summed E-state index contributed by atoms with van der Waals surface area (Å²) in [6.07, 6.45) is 0. The number of amides is 1. The van der Waals surface area contributed by atoms with Crippen LogP contribution < -0.4 is 5.32 Å². The van der Waals surface area contributed by atoms with Gasteiger partial charge in [-0.25, -0.2) is 9.18 Å². The summed E-state index contributed by atoms with van der Waals surface area (Å²) < 4.78 is 18.9. The van der Waals surface area contributed by atoms with E-state index in [0.29, 0.717) is 4.47 Å². The van der Waals surface area contributed by atoms with Gasteiger partial charge in [0.2, 0.25) is 0 Å². The number of anilines is 1. The van der Waals surface area contributed by atoms with Crippen molar-refractivity contribution in [3.8, 4) is 5.75 Å². The average Bonchev–Trinajstić information content (AvgIpc) is 2.50. The van der Waals surface area contributed by atoms with Crippen LogP contribution in [-0.4, -0.2) is 23.6 Å². The lowest BCUT2D eigenvalue weighted by Crippen LogP contribution is -2.21. The second kappa shape index (κ2) is 7.43. The van der Waals surface area contributed by atoms with Gasteiger partial charge in [-0.1, -0.05) is 27.5 Å². The van der Waals surface area contributed by atoms with E-state index in [2.05, 4.69) is 21.2 Å². The molecule has 0 heterocycles. The van der Waals surface area contributed by atoms with Gasteiger partial charge in [-0.15, -0.1) is 0 Å². The fourth-order valence-electron chi connectivity index (χ4n) is 1.66. The lowest BCUT2D eigenvalue weighted by atomic mass is 10.2. The fourth-order valence-corrected chi connectivity index (χ4v) is 2.18. The maximum atomic E-state index is 13.5. The Morgan fingerprint density at radius 1 is 1.26 bits per heavy atom. The lowest BCUT2D eigenvalue weighted by molar-refractivity contribution is -0.119. The van der Waals surface area contributed by atoms with E-state index in [1.165, 1.54) is 24.3 Å². The summed E-state index contributed by atoms with van der Waals surface area (Å²) >= 11 is 8.75. The molecule has 0 atom stereocenters. The number of nitrogens with one attached hydrogen (secondary N) is 1. The second-order valence-corrected chi connectivity index (χ2v) is 5.76. The number of aromatic hydroxyl groups is 1. The molecule has 0 spiro atoms. The molecule has 8 heteroatoms. The van der Waals surface area contributed by atoms with E-state index in [1.54, 1.807) is 6.07 Å². The van der Waals surface area contributed by atoms with Crippen molar-refractivity contribution in [1.29, 1.82) is 0 Å². The van der Waals surface area contributed by atoms with Crippen molar-refractivity contribution in [1.82, 2.24) is 0 Å². The zero-order chi connectivity index (χ0) is 17.0. The van der Waals surface area contributed by atoms with E-state index in [0.717, 1.165) is 6.07 Å². The predicted octanol–water partition coefficient (Wildman–Crippen LogP) is 3.74. The quantitative estimate of drug-likeness (QED) is 0.764. The molecule has 23 heavy (non-hydrogen) atoms. The molecule has 0 unspecified atom stereocenters. The molecule has 0 saturated heterocycles. The number of rotatable bonds is 4. The standard InChI is InChI=1S/C15H10BrClFNO4/c16-8-1-4-13(20)10(5-8)15(22)23-7-14(21)19-12-3-2-9(17)6-11(12)18/h1-6,20H,7H2,(H,19,21). The molecule has 0 aliphatic rings. The van der Waals surface area contributed by atoms with E-state index in [1.807, 2.05) is 0 Å². The molecular weight excluding hydrogens is 393 g/mol. The van der Waals surface area contributed by atoms with Gasteiger partial charge in [0.1, 0.15) is 17.1 Å². The van der Waals surface area contributed by atoms with E-state index in [9.17, 15) is 19.1 Å². The van der Waals surface area contributed by atoms with E-state index < -0.39 is 24.3 Å². The summed E-state index contributed by atoms with van der Waals surface area (Å²) in [5, 5.41) is 12.0. The highest BCUT2D eigenvalue weighted by atomic mass is 79.9. The summed E-state index contributed by atoms with van der Waals surface area (Å²) in [4.78, 5) is 23.5. The third kappa shape index (κ3) is 4.67. The molecule has 0 aromatic heterocycles. The van der Waals surface area contributed by atoms with Gasteiger partial charge >= 0.3 is 5.97 Å². The average molecular weight is 403 g/mol.